The number of rotatable bonds is 3. The molecule has 0 amide bonds. The highest BCUT2D eigenvalue weighted by molar-refractivity contribution is 8.13. The van der Waals surface area contributed by atoms with Crippen LogP contribution in [-0.4, -0.2) is 22.9 Å². The Morgan fingerprint density at radius 1 is 1.44 bits per heavy atom. The van der Waals surface area contributed by atoms with Crippen LogP contribution in [0, 0.1) is 11.5 Å². The SMILES string of the molecule is CCN(Cc1ccccc1)C(=NC#N)SC. The molecule has 16 heavy (non-hydrogen) atoms. The first kappa shape index (κ1) is 12.6. The topological polar surface area (TPSA) is 39.4 Å². The molecule has 1 aromatic rings. The highest BCUT2D eigenvalue weighted by Gasteiger charge is 2.08. The molecule has 0 radical (unpaired) electrons. The van der Waals surface area contributed by atoms with Crippen molar-refractivity contribution in [2.24, 2.45) is 4.99 Å². The molecule has 0 aliphatic carbocycles. The van der Waals surface area contributed by atoms with Gasteiger partial charge in [-0.2, -0.15) is 5.26 Å². The lowest BCUT2D eigenvalue weighted by atomic mass is 10.2. The first-order valence-electron chi connectivity index (χ1n) is 5.11. The van der Waals surface area contributed by atoms with Crippen LogP contribution in [0.1, 0.15) is 12.5 Å². The van der Waals surface area contributed by atoms with Crippen LogP contribution in [0.3, 0.4) is 0 Å². The van der Waals surface area contributed by atoms with E-state index in [4.69, 9.17) is 5.26 Å². The van der Waals surface area contributed by atoms with Gasteiger partial charge in [-0.1, -0.05) is 42.1 Å². The van der Waals surface area contributed by atoms with Gasteiger partial charge in [-0.15, -0.1) is 4.99 Å². The molecule has 0 fully saturated rings. The van der Waals surface area contributed by atoms with Crippen LogP contribution in [-0.2, 0) is 6.54 Å². The average molecular weight is 233 g/mol. The summed E-state index contributed by atoms with van der Waals surface area (Å²) in [5, 5.41) is 9.37. The van der Waals surface area contributed by atoms with E-state index in [2.05, 4.69) is 28.9 Å². The summed E-state index contributed by atoms with van der Waals surface area (Å²) in [6.45, 7) is 3.70. The molecule has 0 saturated heterocycles. The number of hydrogen-bond donors (Lipinski definition) is 0. The van der Waals surface area contributed by atoms with Gasteiger partial charge in [0.15, 0.2) is 5.17 Å². The Balaban J connectivity index is 2.77. The molecule has 0 heterocycles. The van der Waals surface area contributed by atoms with Crippen LogP contribution >= 0.6 is 11.8 Å². The Kier molecular flexibility index (Phi) is 5.44. The Morgan fingerprint density at radius 3 is 2.62 bits per heavy atom. The number of hydrogen-bond acceptors (Lipinski definition) is 3. The zero-order valence-corrected chi connectivity index (χ0v) is 10.4. The summed E-state index contributed by atoms with van der Waals surface area (Å²) >= 11 is 1.50. The van der Waals surface area contributed by atoms with Crippen LogP contribution in [0.25, 0.3) is 0 Å². The highest BCUT2D eigenvalue weighted by Crippen LogP contribution is 2.10. The Hall–Kier alpha value is -1.47. The molecule has 0 N–H and O–H groups in total. The second-order valence-electron chi connectivity index (χ2n) is 3.20. The van der Waals surface area contributed by atoms with Crippen LogP contribution in [0.15, 0.2) is 35.3 Å². The van der Waals surface area contributed by atoms with Crippen molar-refractivity contribution in [2.75, 3.05) is 12.8 Å². The fraction of sp³-hybridized carbons (Fsp3) is 0.333. The summed E-state index contributed by atoms with van der Waals surface area (Å²) in [4.78, 5) is 5.91. The molecule has 0 spiro atoms. The van der Waals surface area contributed by atoms with Crippen molar-refractivity contribution in [1.82, 2.24) is 4.90 Å². The zero-order valence-electron chi connectivity index (χ0n) is 9.55. The van der Waals surface area contributed by atoms with E-state index in [1.165, 1.54) is 17.3 Å². The quantitative estimate of drug-likeness (QED) is 0.458. The van der Waals surface area contributed by atoms with E-state index in [1.807, 2.05) is 30.6 Å². The first-order valence-corrected chi connectivity index (χ1v) is 6.34. The third kappa shape index (κ3) is 3.59. The highest BCUT2D eigenvalue weighted by atomic mass is 32.2. The van der Waals surface area contributed by atoms with E-state index < -0.39 is 0 Å². The van der Waals surface area contributed by atoms with Gasteiger partial charge in [0, 0.05) is 13.1 Å². The lowest BCUT2D eigenvalue weighted by Gasteiger charge is -2.22. The molecular weight excluding hydrogens is 218 g/mol. The standard InChI is InChI=1S/C12H15N3S/c1-3-15(12(16-2)14-10-13)9-11-7-5-4-6-8-11/h4-8H,3,9H2,1-2H3. The van der Waals surface area contributed by atoms with Crippen molar-refractivity contribution in [1.29, 1.82) is 5.26 Å². The summed E-state index contributed by atoms with van der Waals surface area (Å²) < 4.78 is 0. The van der Waals surface area contributed by atoms with Crippen molar-refractivity contribution in [3.05, 3.63) is 35.9 Å². The van der Waals surface area contributed by atoms with Crippen LogP contribution in [0.5, 0.6) is 0 Å². The largest absolute Gasteiger partial charge is 0.347 e. The Bertz CT molecular complexity index is 381. The normalized spacial score (nSPS) is 10.9. The molecule has 3 nitrogen and oxygen atoms in total. The van der Waals surface area contributed by atoms with E-state index in [9.17, 15) is 0 Å². The second kappa shape index (κ2) is 6.91. The van der Waals surface area contributed by atoms with Crippen molar-refractivity contribution >= 4 is 16.9 Å². The van der Waals surface area contributed by atoms with Crippen LogP contribution < -0.4 is 0 Å². The number of nitrogens with zero attached hydrogens (tertiary/aromatic N) is 3. The maximum Gasteiger partial charge on any atom is 0.208 e. The average Bonchev–Trinajstić information content (AvgIpc) is 2.35. The maximum absolute atomic E-state index is 8.60. The van der Waals surface area contributed by atoms with Crippen molar-refractivity contribution in [2.45, 2.75) is 13.5 Å². The molecule has 0 unspecified atom stereocenters. The van der Waals surface area contributed by atoms with Gasteiger partial charge >= 0.3 is 0 Å². The minimum atomic E-state index is 0.772. The molecule has 0 atom stereocenters. The monoisotopic (exact) mass is 233 g/mol. The van der Waals surface area contributed by atoms with E-state index in [0.29, 0.717) is 0 Å². The maximum atomic E-state index is 8.60. The van der Waals surface area contributed by atoms with E-state index >= 15 is 0 Å². The molecule has 1 aromatic carbocycles. The van der Waals surface area contributed by atoms with Gasteiger partial charge in [0.25, 0.3) is 0 Å². The van der Waals surface area contributed by atoms with E-state index in [0.717, 1.165) is 18.3 Å². The minimum absolute atomic E-state index is 0.772. The number of nitriles is 1. The smallest absolute Gasteiger partial charge is 0.208 e. The fourth-order valence-corrected chi connectivity index (χ4v) is 1.99. The van der Waals surface area contributed by atoms with Crippen LogP contribution in [0.2, 0.25) is 0 Å². The summed E-state index contributed by atoms with van der Waals surface area (Å²) in [5.74, 6) is 0. The summed E-state index contributed by atoms with van der Waals surface area (Å²) in [5.41, 5.74) is 1.23. The number of benzene rings is 1. The summed E-state index contributed by atoms with van der Waals surface area (Å²) in [6.07, 6.45) is 3.78. The molecule has 0 saturated carbocycles. The van der Waals surface area contributed by atoms with Gasteiger partial charge in [0.1, 0.15) is 0 Å². The third-order valence-electron chi connectivity index (χ3n) is 2.20. The molecule has 0 aliphatic heterocycles. The van der Waals surface area contributed by atoms with E-state index in [-0.39, 0.29) is 0 Å². The van der Waals surface area contributed by atoms with Gasteiger partial charge in [-0.3, -0.25) is 0 Å². The Morgan fingerprint density at radius 2 is 2.12 bits per heavy atom. The number of thioether (sulfide) groups is 1. The zero-order chi connectivity index (χ0) is 11.8. The predicted molar refractivity (Wildman–Crippen MR) is 69.1 cm³/mol. The third-order valence-corrected chi connectivity index (χ3v) is 2.91. The molecular formula is C12H15N3S. The molecule has 1 rings (SSSR count). The predicted octanol–water partition coefficient (Wildman–Crippen LogP) is 2.71. The minimum Gasteiger partial charge on any atom is -0.347 e. The number of amidine groups is 1. The van der Waals surface area contributed by atoms with Gasteiger partial charge < -0.3 is 4.90 Å². The first-order chi connectivity index (χ1) is 7.81. The fourth-order valence-electron chi connectivity index (χ4n) is 1.41. The van der Waals surface area contributed by atoms with Gasteiger partial charge in [0.05, 0.1) is 0 Å². The molecule has 0 aliphatic rings. The van der Waals surface area contributed by atoms with Gasteiger partial charge in [0.2, 0.25) is 6.19 Å². The van der Waals surface area contributed by atoms with Gasteiger partial charge in [-0.25, -0.2) is 0 Å². The van der Waals surface area contributed by atoms with Crippen molar-refractivity contribution < 1.29 is 0 Å². The van der Waals surface area contributed by atoms with E-state index in [1.54, 1.807) is 0 Å². The van der Waals surface area contributed by atoms with Crippen molar-refractivity contribution in [3.63, 3.8) is 0 Å². The van der Waals surface area contributed by atoms with Gasteiger partial charge in [-0.05, 0) is 18.7 Å². The molecule has 4 heteroatoms. The second-order valence-corrected chi connectivity index (χ2v) is 3.97. The van der Waals surface area contributed by atoms with Crippen LogP contribution in [0.4, 0.5) is 0 Å². The Labute approximate surface area is 101 Å². The van der Waals surface area contributed by atoms with Crippen molar-refractivity contribution in [3.8, 4) is 6.19 Å². The summed E-state index contributed by atoms with van der Waals surface area (Å²) in [7, 11) is 0. The lowest BCUT2D eigenvalue weighted by Crippen LogP contribution is -2.27. The molecule has 0 bridgehead atoms. The molecule has 84 valence electrons. The lowest BCUT2D eigenvalue weighted by molar-refractivity contribution is 0.444. The molecule has 0 aromatic heterocycles. The number of aliphatic imine (C=N–C) groups is 1. The summed E-state index contributed by atoms with van der Waals surface area (Å²) in [6, 6.07) is 10.2.